The molecule has 0 radical (unpaired) electrons. The molecule has 0 bridgehead atoms. The van der Waals surface area contributed by atoms with Crippen LogP contribution in [0.4, 0.5) is 0 Å². The average Bonchev–Trinajstić information content (AvgIpc) is 2.37. The molecule has 94 valence electrons. The van der Waals surface area contributed by atoms with Crippen LogP contribution in [-0.4, -0.2) is 29.7 Å². The van der Waals surface area contributed by atoms with Gasteiger partial charge in [-0.3, -0.25) is 0 Å². The normalized spacial score (nSPS) is 22.4. The second-order valence-corrected chi connectivity index (χ2v) is 4.54. The molecule has 1 N–H and O–H groups in total. The smallest absolute Gasteiger partial charge is 0.125 e. The van der Waals surface area contributed by atoms with Crippen molar-refractivity contribution in [3.8, 4) is 0 Å². The molecule has 2 unspecified atom stereocenters. The third-order valence-corrected chi connectivity index (χ3v) is 3.21. The Morgan fingerprint density at radius 3 is 3.12 bits per heavy atom. The first kappa shape index (κ1) is 12.5. The summed E-state index contributed by atoms with van der Waals surface area (Å²) in [4.78, 5) is 8.70. The molecule has 1 saturated heterocycles. The number of rotatable bonds is 4. The van der Waals surface area contributed by atoms with E-state index in [9.17, 15) is 0 Å². The minimum atomic E-state index is 0.294. The lowest BCUT2D eigenvalue weighted by Gasteiger charge is -2.30. The van der Waals surface area contributed by atoms with Crippen LogP contribution in [0.5, 0.6) is 0 Å². The predicted octanol–water partition coefficient (Wildman–Crippen LogP) is 1.86. The Bertz CT molecular complexity index is 350. The van der Waals surface area contributed by atoms with Crippen LogP contribution in [0.15, 0.2) is 12.3 Å². The quantitative estimate of drug-likeness (QED) is 0.865. The lowest BCUT2D eigenvalue weighted by atomic mass is 9.91. The van der Waals surface area contributed by atoms with Gasteiger partial charge in [0.15, 0.2) is 0 Å². The molecule has 2 atom stereocenters. The van der Waals surface area contributed by atoms with Crippen molar-refractivity contribution in [2.45, 2.75) is 32.7 Å². The summed E-state index contributed by atoms with van der Waals surface area (Å²) < 4.78 is 5.58. The third kappa shape index (κ3) is 3.23. The molecule has 2 rings (SSSR count). The molecule has 0 aromatic carbocycles. The van der Waals surface area contributed by atoms with Crippen LogP contribution in [0, 0.1) is 12.8 Å². The monoisotopic (exact) mass is 235 g/mol. The molecular formula is C13H21N3O. The Hall–Kier alpha value is -1.00. The Morgan fingerprint density at radius 1 is 1.59 bits per heavy atom. The molecular weight excluding hydrogens is 214 g/mol. The summed E-state index contributed by atoms with van der Waals surface area (Å²) in [7, 11) is 0. The zero-order valence-electron chi connectivity index (χ0n) is 10.6. The highest BCUT2D eigenvalue weighted by Gasteiger charge is 2.25. The van der Waals surface area contributed by atoms with E-state index in [0.717, 1.165) is 37.7 Å². The first-order valence-corrected chi connectivity index (χ1v) is 6.42. The molecule has 2 heterocycles. The van der Waals surface area contributed by atoms with Crippen molar-refractivity contribution in [2.75, 3.05) is 19.8 Å². The Balaban J connectivity index is 2.15. The van der Waals surface area contributed by atoms with Crippen molar-refractivity contribution < 1.29 is 4.74 Å². The molecule has 0 saturated carbocycles. The van der Waals surface area contributed by atoms with Crippen LogP contribution in [0.2, 0.25) is 0 Å². The van der Waals surface area contributed by atoms with E-state index >= 15 is 0 Å². The van der Waals surface area contributed by atoms with Crippen molar-refractivity contribution >= 4 is 0 Å². The van der Waals surface area contributed by atoms with Gasteiger partial charge in [0.2, 0.25) is 0 Å². The lowest BCUT2D eigenvalue weighted by Crippen LogP contribution is -2.34. The second-order valence-electron chi connectivity index (χ2n) is 4.54. The fourth-order valence-corrected chi connectivity index (χ4v) is 2.41. The van der Waals surface area contributed by atoms with Gasteiger partial charge in [-0.15, -0.1) is 0 Å². The van der Waals surface area contributed by atoms with E-state index in [-0.39, 0.29) is 0 Å². The third-order valence-electron chi connectivity index (χ3n) is 3.21. The van der Waals surface area contributed by atoms with Crippen LogP contribution in [-0.2, 0) is 4.74 Å². The summed E-state index contributed by atoms with van der Waals surface area (Å²) >= 11 is 0. The van der Waals surface area contributed by atoms with Gasteiger partial charge in [-0.1, -0.05) is 6.92 Å². The van der Waals surface area contributed by atoms with Crippen LogP contribution in [0.1, 0.15) is 37.3 Å². The molecule has 0 amide bonds. The van der Waals surface area contributed by atoms with Crippen molar-refractivity contribution in [1.29, 1.82) is 0 Å². The van der Waals surface area contributed by atoms with Crippen LogP contribution >= 0.6 is 0 Å². The zero-order valence-corrected chi connectivity index (χ0v) is 10.6. The number of aryl methyl sites for hydroxylation is 1. The first-order chi connectivity index (χ1) is 8.31. The van der Waals surface area contributed by atoms with E-state index in [1.165, 1.54) is 6.42 Å². The van der Waals surface area contributed by atoms with E-state index in [4.69, 9.17) is 4.74 Å². The van der Waals surface area contributed by atoms with Gasteiger partial charge in [-0.25, -0.2) is 9.97 Å². The highest BCUT2D eigenvalue weighted by molar-refractivity contribution is 5.09. The van der Waals surface area contributed by atoms with Crippen molar-refractivity contribution in [3.63, 3.8) is 0 Å². The number of aromatic nitrogens is 2. The molecule has 1 aliphatic rings. The summed E-state index contributed by atoms with van der Waals surface area (Å²) in [5.41, 5.74) is 1.09. The molecule has 4 nitrogen and oxygen atoms in total. The van der Waals surface area contributed by atoms with E-state index < -0.39 is 0 Å². The number of nitrogens with one attached hydrogen (secondary N) is 1. The van der Waals surface area contributed by atoms with Gasteiger partial charge in [-0.05, 0) is 32.4 Å². The van der Waals surface area contributed by atoms with E-state index in [2.05, 4.69) is 22.2 Å². The number of hydrogen-bond donors (Lipinski definition) is 1. The molecule has 1 fully saturated rings. The fraction of sp³-hybridized carbons (Fsp3) is 0.692. The highest BCUT2D eigenvalue weighted by Crippen LogP contribution is 2.27. The van der Waals surface area contributed by atoms with Crippen LogP contribution in [0.3, 0.4) is 0 Å². The number of hydrogen-bond acceptors (Lipinski definition) is 4. The predicted molar refractivity (Wildman–Crippen MR) is 66.7 cm³/mol. The maximum atomic E-state index is 5.58. The molecule has 0 spiro atoms. The van der Waals surface area contributed by atoms with Gasteiger partial charge in [0.25, 0.3) is 0 Å². The maximum absolute atomic E-state index is 5.58. The summed E-state index contributed by atoms with van der Waals surface area (Å²) in [5, 5.41) is 3.53. The van der Waals surface area contributed by atoms with Crippen molar-refractivity contribution in [1.82, 2.24) is 15.3 Å². The second kappa shape index (κ2) is 6.07. The van der Waals surface area contributed by atoms with Gasteiger partial charge in [0.1, 0.15) is 5.82 Å². The van der Waals surface area contributed by atoms with Gasteiger partial charge < -0.3 is 10.1 Å². The minimum absolute atomic E-state index is 0.294. The van der Waals surface area contributed by atoms with Crippen LogP contribution in [0.25, 0.3) is 0 Å². The minimum Gasteiger partial charge on any atom is -0.381 e. The summed E-state index contributed by atoms with van der Waals surface area (Å²) in [6.45, 7) is 6.75. The molecule has 1 aromatic rings. The molecule has 0 aliphatic carbocycles. The van der Waals surface area contributed by atoms with E-state index in [1.807, 2.05) is 19.2 Å². The topological polar surface area (TPSA) is 47.0 Å². The van der Waals surface area contributed by atoms with Crippen molar-refractivity contribution in [3.05, 3.63) is 23.8 Å². The van der Waals surface area contributed by atoms with Gasteiger partial charge >= 0.3 is 0 Å². The molecule has 17 heavy (non-hydrogen) atoms. The molecule has 4 heteroatoms. The number of ether oxygens (including phenoxy) is 1. The Labute approximate surface area is 103 Å². The molecule has 1 aromatic heterocycles. The largest absolute Gasteiger partial charge is 0.381 e. The maximum Gasteiger partial charge on any atom is 0.125 e. The summed E-state index contributed by atoms with van der Waals surface area (Å²) in [6.07, 6.45) is 4.20. The molecule has 1 aliphatic heterocycles. The highest BCUT2D eigenvalue weighted by atomic mass is 16.5. The zero-order chi connectivity index (χ0) is 12.1. The average molecular weight is 235 g/mol. The summed E-state index contributed by atoms with van der Waals surface area (Å²) in [6, 6.07) is 2.30. The standard InChI is InChI=1S/C13H21N3O/c1-3-14-13(11-5-4-8-17-9-11)12-6-7-15-10(2)16-12/h6-7,11,13-14H,3-5,8-9H2,1-2H3. The fourth-order valence-electron chi connectivity index (χ4n) is 2.41. The number of nitrogens with zero attached hydrogens (tertiary/aromatic N) is 2. The van der Waals surface area contributed by atoms with E-state index in [1.54, 1.807) is 0 Å². The van der Waals surface area contributed by atoms with Gasteiger partial charge in [-0.2, -0.15) is 0 Å². The van der Waals surface area contributed by atoms with Crippen molar-refractivity contribution in [2.24, 2.45) is 5.92 Å². The van der Waals surface area contributed by atoms with Gasteiger partial charge in [0.05, 0.1) is 18.3 Å². The SMILES string of the molecule is CCNC(c1ccnc(C)n1)C1CCCOC1. The van der Waals surface area contributed by atoms with Gasteiger partial charge in [0, 0.05) is 18.7 Å². The van der Waals surface area contributed by atoms with Crippen LogP contribution < -0.4 is 5.32 Å². The lowest BCUT2D eigenvalue weighted by molar-refractivity contribution is 0.0386. The Kier molecular flexibility index (Phi) is 4.45. The Morgan fingerprint density at radius 2 is 2.47 bits per heavy atom. The summed E-state index contributed by atoms with van der Waals surface area (Å²) in [5.74, 6) is 1.36. The van der Waals surface area contributed by atoms with E-state index in [0.29, 0.717) is 12.0 Å². The first-order valence-electron chi connectivity index (χ1n) is 6.42.